The van der Waals surface area contributed by atoms with Crippen molar-refractivity contribution >= 4 is 5.97 Å². The second-order valence-electron chi connectivity index (χ2n) is 7.18. The van der Waals surface area contributed by atoms with Gasteiger partial charge in [0.1, 0.15) is 18.5 Å². The minimum atomic E-state index is -0.367. The van der Waals surface area contributed by atoms with Gasteiger partial charge in [-0.05, 0) is 41.0 Å². The molecule has 3 aromatic rings. The predicted octanol–water partition coefficient (Wildman–Crippen LogP) is 5.05. The lowest BCUT2D eigenvalue weighted by molar-refractivity contribution is -0.141. The number of benzene rings is 3. The van der Waals surface area contributed by atoms with Gasteiger partial charge in [-0.2, -0.15) is 0 Å². The monoisotopic (exact) mass is 404 g/mol. The predicted molar refractivity (Wildman–Crippen MR) is 113 cm³/mol. The fourth-order valence-corrected chi connectivity index (χ4v) is 3.73. The molecular weight excluding hydrogens is 380 g/mol. The van der Waals surface area contributed by atoms with Crippen LogP contribution in [0.2, 0.25) is 0 Å². The molecule has 0 aliphatic carbocycles. The summed E-state index contributed by atoms with van der Waals surface area (Å²) in [5.41, 5.74) is 3.03. The summed E-state index contributed by atoms with van der Waals surface area (Å²) >= 11 is 0. The van der Waals surface area contributed by atoms with Crippen molar-refractivity contribution in [2.45, 2.75) is 25.0 Å². The Labute approximate surface area is 176 Å². The Kier molecular flexibility index (Phi) is 5.89. The summed E-state index contributed by atoms with van der Waals surface area (Å²) in [5, 5.41) is 0. The van der Waals surface area contributed by atoms with Gasteiger partial charge in [-0.15, -0.1) is 0 Å². The topological polar surface area (TPSA) is 54.0 Å². The van der Waals surface area contributed by atoms with Gasteiger partial charge in [-0.25, -0.2) is 0 Å². The average molecular weight is 404 g/mol. The van der Waals surface area contributed by atoms with Gasteiger partial charge in [0.05, 0.1) is 20.6 Å². The molecular formula is C25H24O5. The molecule has 5 nitrogen and oxygen atoms in total. The standard InChI is InChI=1S/C25H24O5/c1-27-22-13-10-19(14-23(22)28-2)25-21(15-24(26)30-25)18-8-11-20(12-9-18)29-16-17-6-4-3-5-7-17/h3-14,21,25H,15-16H2,1-2H3. The zero-order valence-corrected chi connectivity index (χ0v) is 17.0. The fraction of sp³-hybridized carbons (Fsp3) is 0.240. The second-order valence-corrected chi connectivity index (χ2v) is 7.18. The van der Waals surface area contributed by atoms with E-state index >= 15 is 0 Å². The zero-order valence-electron chi connectivity index (χ0n) is 17.0. The lowest BCUT2D eigenvalue weighted by atomic mass is 9.88. The first-order chi connectivity index (χ1) is 14.7. The molecule has 1 heterocycles. The van der Waals surface area contributed by atoms with Gasteiger partial charge >= 0.3 is 5.97 Å². The van der Waals surface area contributed by atoms with Crippen molar-refractivity contribution in [2.75, 3.05) is 14.2 Å². The molecule has 0 aromatic heterocycles. The lowest BCUT2D eigenvalue weighted by Crippen LogP contribution is -2.07. The van der Waals surface area contributed by atoms with Crippen molar-refractivity contribution < 1.29 is 23.7 Å². The number of hydrogen-bond acceptors (Lipinski definition) is 5. The van der Waals surface area contributed by atoms with Crippen molar-refractivity contribution in [1.29, 1.82) is 0 Å². The van der Waals surface area contributed by atoms with E-state index in [1.165, 1.54) is 0 Å². The Hall–Kier alpha value is -3.47. The molecule has 4 rings (SSSR count). The first-order valence-corrected chi connectivity index (χ1v) is 9.86. The lowest BCUT2D eigenvalue weighted by Gasteiger charge is -2.20. The number of hydrogen-bond donors (Lipinski definition) is 0. The van der Waals surface area contributed by atoms with Crippen molar-refractivity contribution in [3.05, 3.63) is 89.5 Å². The van der Waals surface area contributed by atoms with E-state index in [9.17, 15) is 4.79 Å². The normalized spacial score (nSPS) is 18.0. The molecule has 154 valence electrons. The molecule has 2 unspecified atom stereocenters. The highest BCUT2D eigenvalue weighted by molar-refractivity contribution is 5.74. The van der Waals surface area contributed by atoms with E-state index in [1.807, 2.05) is 72.8 Å². The SMILES string of the molecule is COc1ccc(C2OC(=O)CC2c2ccc(OCc3ccccc3)cc2)cc1OC. The van der Waals surface area contributed by atoms with Crippen LogP contribution in [0.15, 0.2) is 72.8 Å². The molecule has 0 bridgehead atoms. The number of rotatable bonds is 7. The molecule has 0 spiro atoms. The Bertz CT molecular complexity index is 998. The summed E-state index contributed by atoms with van der Waals surface area (Å²) in [5.74, 6) is 1.77. The molecule has 30 heavy (non-hydrogen) atoms. The van der Waals surface area contributed by atoms with Gasteiger partial charge in [0, 0.05) is 5.92 Å². The van der Waals surface area contributed by atoms with Crippen LogP contribution in [0.25, 0.3) is 0 Å². The molecule has 1 aliphatic heterocycles. The Balaban J connectivity index is 1.51. The number of cyclic esters (lactones) is 1. The van der Waals surface area contributed by atoms with Gasteiger partial charge in [0.15, 0.2) is 11.5 Å². The molecule has 0 saturated carbocycles. The number of methoxy groups -OCH3 is 2. The molecule has 2 atom stereocenters. The minimum Gasteiger partial charge on any atom is -0.493 e. The third kappa shape index (κ3) is 4.25. The number of carbonyl (C=O) groups excluding carboxylic acids is 1. The summed E-state index contributed by atoms with van der Waals surface area (Å²) in [4.78, 5) is 12.1. The van der Waals surface area contributed by atoms with Crippen LogP contribution in [0, 0.1) is 0 Å². The number of carbonyl (C=O) groups is 1. The van der Waals surface area contributed by atoms with Crippen LogP contribution in [-0.4, -0.2) is 20.2 Å². The summed E-state index contributed by atoms with van der Waals surface area (Å²) in [6, 6.07) is 23.5. The van der Waals surface area contributed by atoms with E-state index in [1.54, 1.807) is 14.2 Å². The minimum absolute atomic E-state index is 0.0706. The molecule has 1 fully saturated rings. The maximum Gasteiger partial charge on any atom is 0.307 e. The number of esters is 1. The van der Waals surface area contributed by atoms with E-state index < -0.39 is 0 Å². The highest BCUT2D eigenvalue weighted by Crippen LogP contribution is 2.44. The Morgan fingerprint density at radius 3 is 2.27 bits per heavy atom. The van der Waals surface area contributed by atoms with Crippen LogP contribution < -0.4 is 14.2 Å². The van der Waals surface area contributed by atoms with Crippen LogP contribution in [-0.2, 0) is 16.1 Å². The fourth-order valence-electron chi connectivity index (χ4n) is 3.73. The molecule has 1 saturated heterocycles. The van der Waals surface area contributed by atoms with Crippen LogP contribution in [0.4, 0.5) is 0 Å². The molecule has 0 radical (unpaired) electrons. The second kappa shape index (κ2) is 8.91. The summed E-state index contributed by atoms with van der Waals surface area (Å²) in [7, 11) is 3.19. The smallest absolute Gasteiger partial charge is 0.307 e. The van der Waals surface area contributed by atoms with Crippen LogP contribution >= 0.6 is 0 Å². The van der Waals surface area contributed by atoms with E-state index in [4.69, 9.17) is 18.9 Å². The van der Waals surface area contributed by atoms with Gasteiger partial charge in [-0.1, -0.05) is 48.5 Å². The molecule has 0 N–H and O–H groups in total. The number of ether oxygens (including phenoxy) is 4. The summed E-state index contributed by atoms with van der Waals surface area (Å²) < 4.78 is 22.2. The third-order valence-electron chi connectivity index (χ3n) is 5.30. The van der Waals surface area contributed by atoms with Crippen LogP contribution in [0.5, 0.6) is 17.2 Å². The molecule has 5 heteroatoms. The van der Waals surface area contributed by atoms with Crippen molar-refractivity contribution in [1.82, 2.24) is 0 Å². The Morgan fingerprint density at radius 2 is 1.57 bits per heavy atom. The summed E-state index contributed by atoms with van der Waals surface area (Å²) in [6.45, 7) is 0.513. The molecule has 0 amide bonds. The Morgan fingerprint density at radius 1 is 0.867 bits per heavy atom. The maximum atomic E-state index is 12.1. The van der Waals surface area contributed by atoms with Crippen molar-refractivity contribution in [2.24, 2.45) is 0 Å². The highest BCUT2D eigenvalue weighted by atomic mass is 16.6. The summed E-state index contributed by atoms with van der Waals surface area (Å²) in [6.07, 6.45) is -0.0307. The largest absolute Gasteiger partial charge is 0.493 e. The first kappa shape index (κ1) is 19.8. The zero-order chi connectivity index (χ0) is 20.9. The van der Waals surface area contributed by atoms with Crippen molar-refractivity contribution in [3.63, 3.8) is 0 Å². The van der Waals surface area contributed by atoms with E-state index in [0.717, 1.165) is 22.4 Å². The van der Waals surface area contributed by atoms with Crippen LogP contribution in [0.3, 0.4) is 0 Å². The maximum absolute atomic E-state index is 12.1. The first-order valence-electron chi connectivity index (χ1n) is 9.86. The average Bonchev–Trinajstić information content (AvgIpc) is 3.20. The van der Waals surface area contributed by atoms with E-state index in [0.29, 0.717) is 24.5 Å². The van der Waals surface area contributed by atoms with Gasteiger partial charge in [-0.3, -0.25) is 4.79 Å². The molecule has 3 aromatic carbocycles. The molecule has 1 aliphatic rings. The van der Waals surface area contributed by atoms with E-state index in [2.05, 4.69) is 0 Å². The van der Waals surface area contributed by atoms with Crippen LogP contribution in [0.1, 0.15) is 35.1 Å². The quantitative estimate of drug-likeness (QED) is 0.516. The van der Waals surface area contributed by atoms with Crippen molar-refractivity contribution in [3.8, 4) is 17.2 Å². The third-order valence-corrected chi connectivity index (χ3v) is 5.30. The van der Waals surface area contributed by atoms with Gasteiger partial charge in [0.25, 0.3) is 0 Å². The van der Waals surface area contributed by atoms with E-state index in [-0.39, 0.29) is 18.0 Å². The van der Waals surface area contributed by atoms with Gasteiger partial charge < -0.3 is 18.9 Å². The van der Waals surface area contributed by atoms with Gasteiger partial charge in [0.2, 0.25) is 0 Å². The highest BCUT2D eigenvalue weighted by Gasteiger charge is 2.37.